The molecule has 1 aliphatic carbocycles. The van der Waals surface area contributed by atoms with E-state index in [2.05, 4.69) is 0 Å². The molecule has 7 heteroatoms. The summed E-state index contributed by atoms with van der Waals surface area (Å²) in [6.45, 7) is 2.41. The van der Waals surface area contributed by atoms with Crippen LogP contribution in [0.25, 0.3) is 0 Å². The van der Waals surface area contributed by atoms with E-state index >= 15 is 0 Å². The van der Waals surface area contributed by atoms with Crippen LogP contribution in [0.1, 0.15) is 59.3 Å². The Hall–Kier alpha value is -2.96. The van der Waals surface area contributed by atoms with Crippen molar-refractivity contribution in [2.24, 2.45) is 0 Å². The minimum atomic E-state index is -1.02. The fraction of sp³-hybridized carbons (Fsp3) is 0.455. The molecule has 1 fully saturated rings. The standard InChI is InChI=1S/C22H25NO6/c1-14-12-27-19(10-20(24)25)21(14)22(26)23(16-5-3-2-4-6-16)11-15-7-8-17-18(9-15)29-13-28-17/h7-9,12,16H,2-6,10-11,13H2,1H3,(H,24,25). The van der Waals surface area contributed by atoms with Crippen molar-refractivity contribution in [3.8, 4) is 11.5 Å². The van der Waals surface area contributed by atoms with Crippen molar-refractivity contribution in [2.45, 2.75) is 58.0 Å². The number of carboxylic acid groups (broad SMARTS) is 1. The third-order valence-corrected chi connectivity index (χ3v) is 5.64. The van der Waals surface area contributed by atoms with Gasteiger partial charge < -0.3 is 23.9 Å². The number of fused-ring (bicyclic) bond motifs is 1. The Morgan fingerprint density at radius 3 is 2.66 bits per heavy atom. The molecule has 2 aliphatic rings. The van der Waals surface area contributed by atoms with Crippen molar-refractivity contribution in [3.63, 3.8) is 0 Å². The summed E-state index contributed by atoms with van der Waals surface area (Å²) in [4.78, 5) is 26.7. The van der Waals surface area contributed by atoms with Gasteiger partial charge in [-0.1, -0.05) is 25.3 Å². The van der Waals surface area contributed by atoms with E-state index in [1.54, 1.807) is 6.92 Å². The summed E-state index contributed by atoms with van der Waals surface area (Å²) in [5, 5.41) is 9.18. The first kappa shape index (κ1) is 19.4. The van der Waals surface area contributed by atoms with Crippen molar-refractivity contribution in [2.75, 3.05) is 6.79 Å². The second-order valence-electron chi connectivity index (χ2n) is 7.70. The summed E-state index contributed by atoms with van der Waals surface area (Å²) < 4.78 is 16.3. The monoisotopic (exact) mass is 399 g/mol. The molecule has 0 radical (unpaired) electrons. The molecule has 2 aromatic rings. The molecule has 0 bridgehead atoms. The highest BCUT2D eigenvalue weighted by Gasteiger charge is 2.31. The molecule has 1 aromatic heterocycles. The van der Waals surface area contributed by atoms with Gasteiger partial charge in [0.1, 0.15) is 12.2 Å². The van der Waals surface area contributed by atoms with E-state index in [-0.39, 0.29) is 30.9 Å². The summed E-state index contributed by atoms with van der Waals surface area (Å²) >= 11 is 0. The molecule has 29 heavy (non-hydrogen) atoms. The van der Waals surface area contributed by atoms with Crippen LogP contribution in [0, 0.1) is 6.92 Å². The molecule has 1 aromatic carbocycles. The van der Waals surface area contributed by atoms with Gasteiger partial charge in [-0.2, -0.15) is 0 Å². The number of aliphatic carboxylic acids is 1. The molecule has 2 heterocycles. The van der Waals surface area contributed by atoms with Gasteiger partial charge in [-0.3, -0.25) is 9.59 Å². The molecule has 0 atom stereocenters. The lowest BCUT2D eigenvalue weighted by Crippen LogP contribution is -2.41. The highest BCUT2D eigenvalue weighted by Crippen LogP contribution is 2.34. The Bertz CT molecular complexity index is 912. The Balaban J connectivity index is 1.65. The summed E-state index contributed by atoms with van der Waals surface area (Å²) in [6, 6.07) is 5.83. The van der Waals surface area contributed by atoms with Crippen molar-refractivity contribution < 1.29 is 28.6 Å². The Morgan fingerprint density at radius 2 is 1.90 bits per heavy atom. The van der Waals surface area contributed by atoms with Crippen LogP contribution in [0.15, 0.2) is 28.9 Å². The van der Waals surface area contributed by atoms with Crippen LogP contribution in [0.4, 0.5) is 0 Å². The first-order chi connectivity index (χ1) is 14.0. The predicted molar refractivity (Wildman–Crippen MR) is 104 cm³/mol. The molecule has 0 saturated heterocycles. The lowest BCUT2D eigenvalue weighted by atomic mass is 9.93. The van der Waals surface area contributed by atoms with Gasteiger partial charge in [0.25, 0.3) is 5.91 Å². The fourth-order valence-corrected chi connectivity index (χ4v) is 4.19. The number of aryl methyl sites for hydroxylation is 1. The van der Waals surface area contributed by atoms with Crippen LogP contribution in [0.3, 0.4) is 0 Å². The molecule has 4 rings (SSSR count). The van der Waals surface area contributed by atoms with Crippen LogP contribution >= 0.6 is 0 Å². The maximum atomic E-state index is 13.6. The molecule has 0 unspecified atom stereocenters. The molecular weight excluding hydrogens is 374 g/mol. The molecule has 154 valence electrons. The largest absolute Gasteiger partial charge is 0.481 e. The van der Waals surface area contributed by atoms with Gasteiger partial charge in [-0.15, -0.1) is 0 Å². The molecule has 1 saturated carbocycles. The zero-order valence-corrected chi connectivity index (χ0v) is 16.5. The number of carbonyl (C=O) groups excluding carboxylic acids is 1. The fourth-order valence-electron chi connectivity index (χ4n) is 4.19. The van der Waals surface area contributed by atoms with Gasteiger partial charge >= 0.3 is 5.97 Å². The normalized spacial score (nSPS) is 16.0. The van der Waals surface area contributed by atoms with E-state index in [4.69, 9.17) is 13.9 Å². The second kappa shape index (κ2) is 8.19. The number of rotatable bonds is 6. The van der Waals surface area contributed by atoms with E-state index in [1.165, 1.54) is 12.7 Å². The molecule has 0 spiro atoms. The quantitative estimate of drug-likeness (QED) is 0.792. The smallest absolute Gasteiger partial charge is 0.311 e. The number of amides is 1. The number of hydrogen-bond donors (Lipinski definition) is 1. The van der Waals surface area contributed by atoms with Gasteiger partial charge in [0.05, 0.1) is 11.8 Å². The number of benzene rings is 1. The van der Waals surface area contributed by atoms with Crippen molar-refractivity contribution in [3.05, 3.63) is 46.9 Å². The van der Waals surface area contributed by atoms with Crippen molar-refractivity contribution >= 4 is 11.9 Å². The van der Waals surface area contributed by atoms with Crippen LogP contribution < -0.4 is 9.47 Å². The number of carboxylic acids is 1. The maximum Gasteiger partial charge on any atom is 0.311 e. The van der Waals surface area contributed by atoms with Crippen LogP contribution in [-0.4, -0.2) is 34.7 Å². The predicted octanol–water partition coefficient (Wildman–Crippen LogP) is 3.92. The zero-order chi connectivity index (χ0) is 20.4. The van der Waals surface area contributed by atoms with Gasteiger partial charge in [-0.05, 0) is 37.5 Å². The Morgan fingerprint density at radius 1 is 1.14 bits per heavy atom. The molecular formula is C22H25NO6. The highest BCUT2D eigenvalue weighted by molar-refractivity contribution is 5.97. The van der Waals surface area contributed by atoms with Crippen LogP contribution in [-0.2, 0) is 17.8 Å². The number of carbonyl (C=O) groups is 2. The van der Waals surface area contributed by atoms with Crippen molar-refractivity contribution in [1.82, 2.24) is 4.90 Å². The van der Waals surface area contributed by atoms with Crippen molar-refractivity contribution in [1.29, 1.82) is 0 Å². The summed E-state index contributed by atoms with van der Waals surface area (Å²) in [5.74, 6) is 0.417. The summed E-state index contributed by atoms with van der Waals surface area (Å²) in [7, 11) is 0. The average molecular weight is 399 g/mol. The average Bonchev–Trinajstić information content (AvgIpc) is 3.32. The third kappa shape index (κ3) is 4.09. The molecule has 1 amide bonds. The minimum Gasteiger partial charge on any atom is -0.481 e. The highest BCUT2D eigenvalue weighted by atomic mass is 16.7. The zero-order valence-electron chi connectivity index (χ0n) is 16.5. The first-order valence-electron chi connectivity index (χ1n) is 10.0. The van der Waals surface area contributed by atoms with E-state index in [0.29, 0.717) is 29.2 Å². The van der Waals surface area contributed by atoms with Gasteiger partial charge in [0.15, 0.2) is 11.5 Å². The number of ether oxygens (including phenoxy) is 2. The van der Waals surface area contributed by atoms with E-state index < -0.39 is 5.97 Å². The summed E-state index contributed by atoms with van der Waals surface area (Å²) in [6.07, 6.45) is 6.40. The topological polar surface area (TPSA) is 89.2 Å². The Kier molecular flexibility index (Phi) is 5.47. The van der Waals surface area contributed by atoms with Crippen LogP contribution in [0.2, 0.25) is 0 Å². The molecule has 1 aliphatic heterocycles. The van der Waals surface area contributed by atoms with E-state index in [0.717, 1.165) is 31.2 Å². The SMILES string of the molecule is Cc1coc(CC(=O)O)c1C(=O)N(Cc1ccc2c(c1)OCO2)C1CCCCC1. The van der Waals surface area contributed by atoms with Gasteiger partial charge in [0.2, 0.25) is 6.79 Å². The van der Waals surface area contributed by atoms with Crippen LogP contribution in [0.5, 0.6) is 11.5 Å². The lowest BCUT2D eigenvalue weighted by Gasteiger charge is -2.34. The molecule has 7 nitrogen and oxygen atoms in total. The van der Waals surface area contributed by atoms with E-state index in [1.807, 2.05) is 23.1 Å². The summed E-state index contributed by atoms with van der Waals surface area (Å²) in [5.41, 5.74) is 1.99. The number of hydrogen-bond acceptors (Lipinski definition) is 5. The van der Waals surface area contributed by atoms with E-state index in [9.17, 15) is 14.7 Å². The molecule has 1 N–H and O–H groups in total. The minimum absolute atomic E-state index is 0.119. The van der Waals surface area contributed by atoms with Gasteiger partial charge in [-0.25, -0.2) is 0 Å². The lowest BCUT2D eigenvalue weighted by molar-refractivity contribution is -0.136. The third-order valence-electron chi connectivity index (χ3n) is 5.64. The number of nitrogens with zero attached hydrogens (tertiary/aromatic N) is 1. The number of furan rings is 1. The second-order valence-corrected chi connectivity index (χ2v) is 7.70. The maximum absolute atomic E-state index is 13.6. The Labute approximate surface area is 169 Å². The van der Waals surface area contributed by atoms with Gasteiger partial charge in [0, 0.05) is 18.2 Å². The first-order valence-corrected chi connectivity index (χ1v) is 10.0.